The highest BCUT2D eigenvalue weighted by molar-refractivity contribution is 6.22. The predicted molar refractivity (Wildman–Crippen MR) is 51.4 cm³/mol. The van der Waals surface area contributed by atoms with Gasteiger partial charge >= 0.3 is 0 Å². The lowest BCUT2D eigenvalue weighted by molar-refractivity contribution is 0.433. The van der Waals surface area contributed by atoms with Gasteiger partial charge in [0.2, 0.25) is 0 Å². The normalized spacial score (nSPS) is 32.9. The zero-order valence-electron chi connectivity index (χ0n) is 6.96. The van der Waals surface area contributed by atoms with Crippen LogP contribution in [-0.2, 0) is 0 Å². The van der Waals surface area contributed by atoms with Crippen LogP contribution in [0.2, 0.25) is 0 Å². The minimum atomic E-state index is -0.0713. The largest absolute Gasteiger partial charge is 0.516 e. The van der Waals surface area contributed by atoms with E-state index >= 15 is 0 Å². The Hall–Kier alpha value is -0.650. The van der Waals surface area contributed by atoms with Crippen molar-refractivity contribution in [3.05, 3.63) is 30.2 Å². The number of allylic oxidation sites excluding steroid dienone is 2. The Morgan fingerprint density at radius 3 is 3.00 bits per heavy atom. The molecule has 1 nitrogen and oxygen atoms in total. The molecule has 0 heterocycles. The van der Waals surface area contributed by atoms with E-state index in [-0.39, 0.29) is 11.3 Å². The lowest BCUT2D eigenvalue weighted by Crippen LogP contribution is -2.20. The van der Waals surface area contributed by atoms with E-state index in [2.05, 4.69) is 12.3 Å². The summed E-state index contributed by atoms with van der Waals surface area (Å²) in [5, 5.41) is 8.78. The van der Waals surface area contributed by atoms with Gasteiger partial charge in [0.25, 0.3) is 0 Å². The quantitative estimate of drug-likeness (QED) is 0.377. The SMILES string of the molecule is C=C=CC1CCC/C(=C\O)C1Cl. The van der Waals surface area contributed by atoms with Gasteiger partial charge in [0, 0.05) is 5.92 Å². The lowest BCUT2D eigenvalue weighted by atomic mass is 9.85. The molecule has 0 aromatic heterocycles. The van der Waals surface area contributed by atoms with Crippen LogP contribution in [0.15, 0.2) is 30.2 Å². The Kier molecular flexibility index (Phi) is 3.46. The minimum Gasteiger partial charge on any atom is -0.516 e. The summed E-state index contributed by atoms with van der Waals surface area (Å²) in [6, 6.07) is 0. The summed E-state index contributed by atoms with van der Waals surface area (Å²) in [5.74, 6) is 0.288. The second kappa shape index (κ2) is 4.39. The van der Waals surface area contributed by atoms with Crippen LogP contribution >= 0.6 is 11.6 Å². The van der Waals surface area contributed by atoms with Crippen molar-refractivity contribution in [3.63, 3.8) is 0 Å². The first kappa shape index (κ1) is 9.44. The third kappa shape index (κ3) is 1.94. The molecular formula is C10H13ClO. The number of rotatable bonds is 1. The maximum Gasteiger partial charge on any atom is 0.0798 e. The monoisotopic (exact) mass is 184 g/mol. The fourth-order valence-electron chi connectivity index (χ4n) is 1.56. The molecule has 66 valence electrons. The Morgan fingerprint density at radius 1 is 1.67 bits per heavy atom. The van der Waals surface area contributed by atoms with Gasteiger partial charge in [0.1, 0.15) is 0 Å². The molecule has 0 amide bonds. The fourth-order valence-corrected chi connectivity index (χ4v) is 1.92. The van der Waals surface area contributed by atoms with Crippen LogP contribution < -0.4 is 0 Å². The van der Waals surface area contributed by atoms with E-state index in [0.717, 1.165) is 31.1 Å². The number of hydrogen-bond acceptors (Lipinski definition) is 1. The summed E-state index contributed by atoms with van der Waals surface area (Å²) in [6.07, 6.45) is 6.08. The van der Waals surface area contributed by atoms with Crippen LogP contribution in [-0.4, -0.2) is 10.5 Å². The minimum absolute atomic E-state index is 0.0713. The van der Waals surface area contributed by atoms with E-state index in [1.54, 1.807) is 0 Å². The van der Waals surface area contributed by atoms with Crippen LogP contribution in [0.5, 0.6) is 0 Å². The summed E-state index contributed by atoms with van der Waals surface area (Å²) < 4.78 is 0. The van der Waals surface area contributed by atoms with E-state index in [0.29, 0.717) is 0 Å². The smallest absolute Gasteiger partial charge is 0.0798 e. The maximum absolute atomic E-state index is 8.85. The number of aliphatic hydroxyl groups excluding tert-OH is 1. The molecule has 2 atom stereocenters. The standard InChI is InChI=1S/C10H13ClO/c1-2-4-8-5-3-6-9(7-12)10(8)11/h4,7-8,10,12H,1,3,5-6H2/b9-7+. The molecule has 0 spiro atoms. The predicted octanol–water partition coefficient (Wildman–Crippen LogP) is 3.18. The molecule has 2 heteroatoms. The number of halogens is 1. The second-order valence-corrected chi connectivity index (χ2v) is 3.50. The molecule has 2 unspecified atom stereocenters. The highest BCUT2D eigenvalue weighted by atomic mass is 35.5. The first-order valence-corrected chi connectivity index (χ1v) is 4.56. The van der Waals surface area contributed by atoms with Crippen LogP contribution in [0.25, 0.3) is 0 Å². The van der Waals surface area contributed by atoms with E-state index in [1.165, 1.54) is 0 Å². The maximum atomic E-state index is 8.85. The van der Waals surface area contributed by atoms with Gasteiger partial charge in [0.15, 0.2) is 0 Å². The zero-order chi connectivity index (χ0) is 8.97. The highest BCUT2D eigenvalue weighted by Crippen LogP contribution is 2.33. The average molecular weight is 185 g/mol. The van der Waals surface area contributed by atoms with Gasteiger partial charge < -0.3 is 5.11 Å². The van der Waals surface area contributed by atoms with Crippen LogP contribution in [0.3, 0.4) is 0 Å². The Bertz CT molecular complexity index is 226. The Labute approximate surface area is 78.0 Å². The molecule has 1 rings (SSSR count). The van der Waals surface area contributed by atoms with Crippen molar-refractivity contribution in [2.24, 2.45) is 5.92 Å². The molecule has 0 radical (unpaired) electrons. The molecule has 1 fully saturated rings. The lowest BCUT2D eigenvalue weighted by Gasteiger charge is -2.25. The summed E-state index contributed by atoms with van der Waals surface area (Å²) in [4.78, 5) is 0. The van der Waals surface area contributed by atoms with Gasteiger partial charge in [-0.2, -0.15) is 0 Å². The number of hydrogen-bond donors (Lipinski definition) is 1. The number of alkyl halides is 1. The molecule has 0 aliphatic heterocycles. The van der Waals surface area contributed by atoms with Crippen molar-refractivity contribution in [2.45, 2.75) is 24.6 Å². The Balaban J connectivity index is 2.72. The molecule has 0 aromatic rings. The van der Waals surface area contributed by atoms with Gasteiger partial charge in [0.05, 0.1) is 11.6 Å². The van der Waals surface area contributed by atoms with Crippen molar-refractivity contribution in [1.82, 2.24) is 0 Å². The average Bonchev–Trinajstić information content (AvgIpc) is 2.09. The van der Waals surface area contributed by atoms with Gasteiger partial charge in [-0.3, -0.25) is 0 Å². The molecule has 0 bridgehead atoms. The van der Waals surface area contributed by atoms with Crippen molar-refractivity contribution in [2.75, 3.05) is 0 Å². The van der Waals surface area contributed by atoms with E-state index in [4.69, 9.17) is 16.7 Å². The topological polar surface area (TPSA) is 20.2 Å². The van der Waals surface area contributed by atoms with Crippen molar-refractivity contribution < 1.29 is 5.11 Å². The molecule has 1 aliphatic carbocycles. The van der Waals surface area contributed by atoms with Crippen LogP contribution in [0, 0.1) is 5.92 Å². The van der Waals surface area contributed by atoms with Gasteiger partial charge in [-0.1, -0.05) is 6.58 Å². The second-order valence-electron chi connectivity index (χ2n) is 3.03. The van der Waals surface area contributed by atoms with E-state index < -0.39 is 0 Å². The molecule has 1 aliphatic rings. The van der Waals surface area contributed by atoms with E-state index in [1.807, 2.05) is 6.08 Å². The summed E-state index contributed by atoms with van der Waals surface area (Å²) in [7, 11) is 0. The first-order chi connectivity index (χ1) is 5.79. The van der Waals surface area contributed by atoms with Crippen molar-refractivity contribution >= 4 is 11.6 Å². The summed E-state index contributed by atoms with van der Waals surface area (Å²) in [6.45, 7) is 3.52. The molecule has 0 saturated heterocycles. The molecular weight excluding hydrogens is 172 g/mol. The highest BCUT2D eigenvalue weighted by Gasteiger charge is 2.25. The molecule has 1 N–H and O–H groups in total. The summed E-state index contributed by atoms with van der Waals surface area (Å²) in [5.41, 5.74) is 3.67. The van der Waals surface area contributed by atoms with Gasteiger partial charge in [-0.25, -0.2) is 0 Å². The van der Waals surface area contributed by atoms with E-state index in [9.17, 15) is 0 Å². The third-order valence-electron chi connectivity index (χ3n) is 2.23. The first-order valence-electron chi connectivity index (χ1n) is 4.12. The fraction of sp³-hybridized carbons (Fsp3) is 0.500. The molecule has 12 heavy (non-hydrogen) atoms. The summed E-state index contributed by atoms with van der Waals surface area (Å²) >= 11 is 6.10. The van der Waals surface area contributed by atoms with Crippen molar-refractivity contribution in [3.8, 4) is 0 Å². The van der Waals surface area contributed by atoms with Gasteiger partial charge in [-0.15, -0.1) is 17.3 Å². The van der Waals surface area contributed by atoms with Gasteiger partial charge in [-0.05, 0) is 30.9 Å². The van der Waals surface area contributed by atoms with Crippen LogP contribution in [0.1, 0.15) is 19.3 Å². The van der Waals surface area contributed by atoms with Crippen LogP contribution in [0.4, 0.5) is 0 Å². The van der Waals surface area contributed by atoms with Crippen molar-refractivity contribution in [1.29, 1.82) is 0 Å². The molecule has 0 aromatic carbocycles. The Morgan fingerprint density at radius 2 is 2.42 bits per heavy atom. The molecule has 1 saturated carbocycles. The zero-order valence-corrected chi connectivity index (χ0v) is 7.72. The third-order valence-corrected chi connectivity index (χ3v) is 2.83. The number of aliphatic hydroxyl groups is 1.